The van der Waals surface area contributed by atoms with Gasteiger partial charge in [0.1, 0.15) is 35.3 Å². The normalized spacial score (nSPS) is 10.7. The first kappa shape index (κ1) is 21.1. The summed E-state index contributed by atoms with van der Waals surface area (Å²) in [5, 5.41) is 0.329. The molecule has 0 amide bonds. The number of esters is 1. The highest BCUT2D eigenvalue weighted by Gasteiger charge is 2.15. The van der Waals surface area contributed by atoms with Crippen LogP contribution in [0.1, 0.15) is 21.7 Å². The Hall–Kier alpha value is -4.13. The molecule has 0 bridgehead atoms. The first-order chi connectivity index (χ1) is 15.4. The molecule has 0 aliphatic heterocycles. The molecule has 1 heterocycles. The first-order valence-electron chi connectivity index (χ1n) is 9.75. The van der Waals surface area contributed by atoms with Crippen molar-refractivity contribution < 1.29 is 27.8 Å². The number of benzene rings is 3. The maximum Gasteiger partial charge on any atom is 0.337 e. The Labute approximate surface area is 182 Å². The van der Waals surface area contributed by atoms with E-state index in [1.165, 1.54) is 19.2 Å². The van der Waals surface area contributed by atoms with Crippen LogP contribution in [0.4, 0.5) is 4.39 Å². The number of rotatable bonds is 6. The van der Waals surface area contributed by atoms with Gasteiger partial charge in [0.25, 0.3) is 0 Å². The van der Waals surface area contributed by atoms with Gasteiger partial charge in [-0.15, -0.1) is 0 Å². The van der Waals surface area contributed by atoms with E-state index in [1.54, 1.807) is 61.5 Å². The van der Waals surface area contributed by atoms with Gasteiger partial charge in [-0.2, -0.15) is 0 Å². The van der Waals surface area contributed by atoms with Gasteiger partial charge in [0.15, 0.2) is 0 Å². The van der Waals surface area contributed by atoms with E-state index < -0.39 is 5.97 Å². The summed E-state index contributed by atoms with van der Waals surface area (Å²) in [6.07, 6.45) is 0. The third kappa shape index (κ3) is 4.46. The van der Waals surface area contributed by atoms with E-state index in [4.69, 9.17) is 13.9 Å². The second kappa shape index (κ2) is 8.93. The van der Waals surface area contributed by atoms with Gasteiger partial charge in [0.05, 0.1) is 18.1 Å². The van der Waals surface area contributed by atoms with Crippen LogP contribution in [-0.4, -0.2) is 13.1 Å². The van der Waals surface area contributed by atoms with Crippen LogP contribution < -0.4 is 14.9 Å². The van der Waals surface area contributed by atoms with Gasteiger partial charge in [0.2, 0.25) is 11.2 Å². The molecule has 4 aromatic rings. The van der Waals surface area contributed by atoms with Crippen LogP contribution in [-0.2, 0) is 11.3 Å². The summed E-state index contributed by atoms with van der Waals surface area (Å²) in [4.78, 5) is 24.5. The fourth-order valence-corrected chi connectivity index (χ4v) is 3.16. The number of halogens is 1. The molecule has 0 aliphatic rings. The van der Waals surface area contributed by atoms with Crippen molar-refractivity contribution in [3.05, 3.63) is 99.7 Å². The summed E-state index contributed by atoms with van der Waals surface area (Å²) in [6.45, 7) is 1.80. The van der Waals surface area contributed by atoms with Crippen LogP contribution in [0.5, 0.6) is 17.2 Å². The SMILES string of the molecule is COC(=O)c1ccc(Oc2c(C)oc3cc(OCc4cccc(F)c4)ccc3c2=O)cc1. The van der Waals surface area contributed by atoms with Crippen LogP contribution >= 0.6 is 0 Å². The van der Waals surface area contributed by atoms with E-state index in [1.807, 2.05) is 0 Å². The van der Waals surface area contributed by atoms with Crippen molar-refractivity contribution >= 4 is 16.9 Å². The van der Waals surface area contributed by atoms with E-state index in [0.29, 0.717) is 39.4 Å². The quantitative estimate of drug-likeness (QED) is 0.379. The van der Waals surface area contributed by atoms with Crippen molar-refractivity contribution in [1.82, 2.24) is 0 Å². The van der Waals surface area contributed by atoms with Crippen LogP contribution in [0.2, 0.25) is 0 Å². The van der Waals surface area contributed by atoms with Crippen LogP contribution in [0.3, 0.4) is 0 Å². The van der Waals surface area contributed by atoms with E-state index in [2.05, 4.69) is 4.74 Å². The van der Waals surface area contributed by atoms with Gasteiger partial charge in [-0.3, -0.25) is 4.79 Å². The lowest BCUT2D eigenvalue weighted by Crippen LogP contribution is -2.08. The zero-order chi connectivity index (χ0) is 22.7. The van der Waals surface area contributed by atoms with Gasteiger partial charge >= 0.3 is 5.97 Å². The average Bonchev–Trinajstić information content (AvgIpc) is 2.80. The molecule has 0 aliphatic carbocycles. The molecule has 0 unspecified atom stereocenters. The highest BCUT2D eigenvalue weighted by Crippen LogP contribution is 2.28. The maximum absolute atomic E-state index is 13.3. The zero-order valence-corrected chi connectivity index (χ0v) is 17.4. The second-order valence-corrected chi connectivity index (χ2v) is 7.01. The Morgan fingerprint density at radius 1 is 1.00 bits per heavy atom. The summed E-state index contributed by atoms with van der Waals surface area (Å²) < 4.78 is 35.2. The Balaban J connectivity index is 1.57. The third-order valence-corrected chi connectivity index (χ3v) is 4.78. The molecular formula is C25H19FO6. The minimum absolute atomic E-state index is 0.0525. The fourth-order valence-electron chi connectivity index (χ4n) is 3.16. The first-order valence-corrected chi connectivity index (χ1v) is 9.75. The van der Waals surface area contributed by atoms with Crippen LogP contribution in [0, 0.1) is 12.7 Å². The van der Waals surface area contributed by atoms with E-state index >= 15 is 0 Å². The highest BCUT2D eigenvalue weighted by molar-refractivity contribution is 5.89. The minimum atomic E-state index is -0.464. The number of aryl methyl sites for hydroxylation is 1. The molecule has 162 valence electrons. The number of methoxy groups -OCH3 is 1. The number of hydrogen-bond donors (Lipinski definition) is 0. The van der Waals surface area contributed by atoms with Gasteiger partial charge in [-0.1, -0.05) is 12.1 Å². The number of hydrogen-bond acceptors (Lipinski definition) is 6. The number of carbonyl (C=O) groups is 1. The van der Waals surface area contributed by atoms with Crippen molar-refractivity contribution in [3.63, 3.8) is 0 Å². The van der Waals surface area contributed by atoms with Gasteiger partial charge in [-0.25, -0.2) is 9.18 Å². The van der Waals surface area contributed by atoms with Crippen LogP contribution in [0.25, 0.3) is 11.0 Å². The van der Waals surface area contributed by atoms with E-state index in [0.717, 1.165) is 0 Å². The molecule has 0 N–H and O–H groups in total. The van der Waals surface area contributed by atoms with Crippen molar-refractivity contribution in [2.24, 2.45) is 0 Å². The molecule has 0 spiro atoms. The molecule has 4 rings (SSSR count). The summed E-state index contributed by atoms with van der Waals surface area (Å²) in [6, 6.07) is 17.2. The Bertz CT molecular complexity index is 1340. The molecule has 3 aromatic carbocycles. The lowest BCUT2D eigenvalue weighted by Gasteiger charge is -2.11. The molecule has 0 saturated carbocycles. The number of carbonyl (C=O) groups excluding carboxylic acids is 1. The van der Waals surface area contributed by atoms with Crippen molar-refractivity contribution in [3.8, 4) is 17.2 Å². The fraction of sp³-hybridized carbons (Fsp3) is 0.120. The summed E-state index contributed by atoms with van der Waals surface area (Å²) in [7, 11) is 1.30. The molecule has 0 atom stereocenters. The minimum Gasteiger partial charge on any atom is -0.489 e. The smallest absolute Gasteiger partial charge is 0.337 e. The molecule has 7 heteroatoms. The lowest BCUT2D eigenvalue weighted by molar-refractivity contribution is 0.0600. The topological polar surface area (TPSA) is 75.0 Å². The van der Waals surface area contributed by atoms with Gasteiger partial charge in [-0.05, 0) is 61.0 Å². The largest absolute Gasteiger partial charge is 0.489 e. The molecule has 0 fully saturated rings. The Morgan fingerprint density at radius 2 is 1.75 bits per heavy atom. The summed E-state index contributed by atoms with van der Waals surface area (Å²) in [5.74, 6) is 0.407. The highest BCUT2D eigenvalue weighted by atomic mass is 19.1. The zero-order valence-electron chi connectivity index (χ0n) is 17.4. The van der Waals surface area contributed by atoms with Crippen molar-refractivity contribution in [2.75, 3.05) is 7.11 Å². The third-order valence-electron chi connectivity index (χ3n) is 4.78. The average molecular weight is 434 g/mol. The molecule has 32 heavy (non-hydrogen) atoms. The van der Waals surface area contributed by atoms with E-state index in [-0.39, 0.29) is 23.6 Å². The predicted octanol–water partition coefficient (Wildman–Crippen LogP) is 5.40. The predicted molar refractivity (Wildman–Crippen MR) is 116 cm³/mol. The Morgan fingerprint density at radius 3 is 2.47 bits per heavy atom. The molecule has 0 saturated heterocycles. The maximum atomic E-state index is 13.3. The summed E-state index contributed by atoms with van der Waals surface area (Å²) >= 11 is 0. The van der Waals surface area contributed by atoms with Gasteiger partial charge in [0, 0.05) is 6.07 Å². The monoisotopic (exact) mass is 434 g/mol. The van der Waals surface area contributed by atoms with E-state index in [9.17, 15) is 14.0 Å². The lowest BCUT2D eigenvalue weighted by atomic mass is 10.2. The Kier molecular flexibility index (Phi) is 5.89. The van der Waals surface area contributed by atoms with Crippen molar-refractivity contribution in [1.29, 1.82) is 0 Å². The van der Waals surface area contributed by atoms with Gasteiger partial charge < -0.3 is 18.6 Å². The molecule has 6 nitrogen and oxygen atoms in total. The standard InChI is InChI=1S/C25H19FO6/c1-15-24(32-19-8-6-17(7-9-19)25(28)29-2)23(27)21-11-10-20(13-22(21)31-15)30-14-16-4-3-5-18(26)12-16/h3-13H,14H2,1-2H3. The molecule has 1 aromatic heterocycles. The number of fused-ring (bicyclic) bond motifs is 1. The molecule has 0 radical (unpaired) electrons. The summed E-state index contributed by atoms with van der Waals surface area (Å²) in [5.41, 5.74) is 1.06. The molecular weight excluding hydrogens is 415 g/mol. The van der Waals surface area contributed by atoms with Crippen LogP contribution in [0.15, 0.2) is 75.9 Å². The van der Waals surface area contributed by atoms with Crippen molar-refractivity contribution in [2.45, 2.75) is 13.5 Å². The number of ether oxygens (including phenoxy) is 3. The second-order valence-electron chi connectivity index (χ2n) is 7.01.